The Morgan fingerprint density at radius 1 is 1.00 bits per heavy atom. The van der Waals surface area contributed by atoms with E-state index in [0.717, 1.165) is 17.4 Å². The van der Waals surface area contributed by atoms with Crippen LogP contribution < -0.4 is 10.6 Å². The van der Waals surface area contributed by atoms with E-state index < -0.39 is 6.04 Å². The van der Waals surface area contributed by atoms with E-state index in [2.05, 4.69) is 17.6 Å². The van der Waals surface area contributed by atoms with E-state index in [1.54, 1.807) is 12.1 Å². The Hall–Kier alpha value is -1.84. The molecule has 0 radical (unpaired) electrons. The molecule has 26 heavy (non-hydrogen) atoms. The molecule has 2 aliphatic carbocycles. The monoisotopic (exact) mass is 356 g/mol. The molecule has 4 nitrogen and oxygen atoms in total. The minimum atomic E-state index is -0.509. The molecule has 0 aromatic heterocycles. The Bertz CT molecular complexity index is 653. The Kier molecular flexibility index (Phi) is 5.69. The first-order chi connectivity index (χ1) is 12.3. The maximum Gasteiger partial charge on any atom is 0.251 e. The average Bonchev–Trinajstić information content (AvgIpc) is 3.23. The van der Waals surface area contributed by atoms with Gasteiger partial charge in [0.25, 0.3) is 5.91 Å². The summed E-state index contributed by atoms with van der Waals surface area (Å²) >= 11 is 0. The third kappa shape index (κ3) is 4.11. The van der Waals surface area contributed by atoms with Crippen LogP contribution in [0.5, 0.6) is 0 Å². The van der Waals surface area contributed by atoms with Crippen LogP contribution in [0.15, 0.2) is 24.3 Å². The molecule has 0 aliphatic heterocycles. The Balaban J connectivity index is 1.60. The lowest BCUT2D eigenvalue weighted by Gasteiger charge is -2.31. The van der Waals surface area contributed by atoms with Crippen molar-refractivity contribution in [3.8, 4) is 0 Å². The summed E-state index contributed by atoms with van der Waals surface area (Å²) in [6.07, 6.45) is 5.26. The van der Waals surface area contributed by atoms with Crippen molar-refractivity contribution in [3.05, 3.63) is 35.4 Å². The van der Waals surface area contributed by atoms with Gasteiger partial charge in [-0.2, -0.15) is 0 Å². The molecule has 2 fully saturated rings. The largest absolute Gasteiger partial charge is 0.352 e. The van der Waals surface area contributed by atoms with E-state index in [1.807, 2.05) is 32.9 Å². The van der Waals surface area contributed by atoms with Crippen molar-refractivity contribution in [1.82, 2.24) is 10.6 Å². The van der Waals surface area contributed by atoms with Crippen LogP contribution in [0.25, 0.3) is 0 Å². The standard InChI is InChI=1S/C22H32N2O2/c1-13(2)20(24-21(25)17-8-5-14(3)6-9-17)22(26)23-15(4)19-12-16-7-10-18(19)11-16/h5-6,8-9,13,15-16,18-20H,7,10-12H2,1-4H3,(H,23,26)(H,24,25)/t15-,16+,18+,19+,20+/m1/s1. The smallest absolute Gasteiger partial charge is 0.251 e. The lowest BCUT2D eigenvalue weighted by molar-refractivity contribution is -0.125. The zero-order valence-electron chi connectivity index (χ0n) is 16.4. The number of hydrogen-bond acceptors (Lipinski definition) is 2. The van der Waals surface area contributed by atoms with E-state index in [4.69, 9.17) is 0 Å². The summed E-state index contributed by atoms with van der Waals surface area (Å²) in [7, 11) is 0. The van der Waals surface area contributed by atoms with Gasteiger partial charge in [0.2, 0.25) is 5.91 Å². The van der Waals surface area contributed by atoms with Crippen LogP contribution in [0.4, 0.5) is 0 Å². The highest BCUT2D eigenvalue weighted by Crippen LogP contribution is 2.49. The van der Waals surface area contributed by atoms with Crippen molar-refractivity contribution in [2.45, 2.75) is 65.5 Å². The highest BCUT2D eigenvalue weighted by Gasteiger charge is 2.42. The number of hydrogen-bond donors (Lipinski definition) is 2. The first-order valence-electron chi connectivity index (χ1n) is 10.0. The fraction of sp³-hybridized carbons (Fsp3) is 0.636. The van der Waals surface area contributed by atoms with Gasteiger partial charge in [0.1, 0.15) is 6.04 Å². The lowest BCUT2D eigenvalue weighted by atomic mass is 9.84. The van der Waals surface area contributed by atoms with Gasteiger partial charge < -0.3 is 10.6 Å². The molecule has 0 saturated heterocycles. The molecule has 142 valence electrons. The third-order valence-electron chi connectivity index (χ3n) is 6.35. The van der Waals surface area contributed by atoms with Gasteiger partial charge in [0, 0.05) is 11.6 Å². The Morgan fingerprint density at radius 2 is 1.69 bits per heavy atom. The second kappa shape index (κ2) is 7.81. The van der Waals surface area contributed by atoms with Gasteiger partial charge in [0.15, 0.2) is 0 Å². The predicted molar refractivity (Wildman–Crippen MR) is 104 cm³/mol. The van der Waals surface area contributed by atoms with Gasteiger partial charge in [-0.15, -0.1) is 0 Å². The summed E-state index contributed by atoms with van der Waals surface area (Å²) in [5, 5.41) is 6.13. The second-order valence-corrected chi connectivity index (χ2v) is 8.70. The molecule has 0 spiro atoms. The number of benzene rings is 1. The summed E-state index contributed by atoms with van der Waals surface area (Å²) in [5.41, 5.74) is 1.70. The summed E-state index contributed by atoms with van der Waals surface area (Å²) in [6.45, 7) is 8.06. The van der Waals surface area contributed by atoms with Crippen LogP contribution in [-0.4, -0.2) is 23.9 Å². The van der Waals surface area contributed by atoms with Gasteiger partial charge in [0.05, 0.1) is 0 Å². The number of amides is 2. The van der Waals surface area contributed by atoms with Crippen molar-refractivity contribution < 1.29 is 9.59 Å². The molecule has 0 unspecified atom stereocenters. The van der Waals surface area contributed by atoms with Crippen LogP contribution in [0.3, 0.4) is 0 Å². The molecular formula is C22H32N2O2. The number of rotatable bonds is 6. The molecule has 2 saturated carbocycles. The first-order valence-corrected chi connectivity index (χ1v) is 10.0. The fourth-order valence-electron chi connectivity index (χ4n) is 4.79. The molecule has 2 aliphatic rings. The van der Waals surface area contributed by atoms with E-state index >= 15 is 0 Å². The molecule has 3 rings (SSSR count). The summed E-state index contributed by atoms with van der Waals surface area (Å²) < 4.78 is 0. The van der Waals surface area contributed by atoms with Crippen LogP contribution in [0, 0.1) is 30.6 Å². The molecule has 0 heterocycles. The SMILES string of the molecule is Cc1ccc(C(=O)N[C@H](C(=O)N[C@H](C)[C@@H]2C[C@H]3CC[C@H]2C3)C(C)C)cc1. The van der Waals surface area contributed by atoms with Gasteiger partial charge in [-0.25, -0.2) is 0 Å². The van der Waals surface area contributed by atoms with Gasteiger partial charge >= 0.3 is 0 Å². The maximum absolute atomic E-state index is 12.9. The number of carbonyl (C=O) groups excluding carboxylic acids is 2. The normalized spacial score (nSPS) is 26.6. The highest BCUT2D eigenvalue weighted by atomic mass is 16.2. The van der Waals surface area contributed by atoms with Crippen LogP contribution in [0.1, 0.15) is 62.4 Å². The number of fused-ring (bicyclic) bond motifs is 2. The van der Waals surface area contributed by atoms with Crippen molar-refractivity contribution in [3.63, 3.8) is 0 Å². The third-order valence-corrected chi connectivity index (χ3v) is 6.35. The van der Waals surface area contributed by atoms with Crippen molar-refractivity contribution in [2.75, 3.05) is 0 Å². The summed E-state index contributed by atoms with van der Waals surface area (Å²) in [5.74, 6) is 2.03. The summed E-state index contributed by atoms with van der Waals surface area (Å²) in [4.78, 5) is 25.4. The maximum atomic E-state index is 12.9. The quantitative estimate of drug-likeness (QED) is 0.817. The zero-order valence-corrected chi connectivity index (χ0v) is 16.4. The first kappa shape index (κ1) is 18.9. The second-order valence-electron chi connectivity index (χ2n) is 8.70. The molecular weight excluding hydrogens is 324 g/mol. The van der Waals surface area contributed by atoms with E-state index in [9.17, 15) is 9.59 Å². The predicted octanol–water partition coefficient (Wildman–Crippen LogP) is 3.69. The van der Waals surface area contributed by atoms with E-state index in [-0.39, 0.29) is 23.8 Å². The fourth-order valence-corrected chi connectivity index (χ4v) is 4.79. The van der Waals surface area contributed by atoms with Crippen molar-refractivity contribution in [1.29, 1.82) is 0 Å². The zero-order chi connectivity index (χ0) is 18.8. The Morgan fingerprint density at radius 3 is 2.23 bits per heavy atom. The topological polar surface area (TPSA) is 58.2 Å². The molecule has 1 aromatic rings. The van der Waals surface area contributed by atoms with Gasteiger partial charge in [-0.1, -0.05) is 38.0 Å². The van der Waals surface area contributed by atoms with Gasteiger partial charge in [-0.3, -0.25) is 9.59 Å². The molecule has 2 amide bonds. The molecule has 2 bridgehead atoms. The molecule has 5 atom stereocenters. The van der Waals surface area contributed by atoms with Gasteiger partial charge in [-0.05, 0) is 68.9 Å². The van der Waals surface area contributed by atoms with Crippen LogP contribution in [0.2, 0.25) is 0 Å². The van der Waals surface area contributed by atoms with E-state index in [1.165, 1.54) is 25.7 Å². The Labute approximate surface area is 157 Å². The van der Waals surface area contributed by atoms with E-state index in [0.29, 0.717) is 11.5 Å². The summed E-state index contributed by atoms with van der Waals surface area (Å²) in [6, 6.07) is 7.10. The van der Waals surface area contributed by atoms with Crippen LogP contribution >= 0.6 is 0 Å². The van der Waals surface area contributed by atoms with Crippen molar-refractivity contribution in [2.24, 2.45) is 23.7 Å². The molecule has 4 heteroatoms. The molecule has 1 aromatic carbocycles. The minimum absolute atomic E-state index is 0.0385. The van der Waals surface area contributed by atoms with Crippen LogP contribution in [-0.2, 0) is 4.79 Å². The van der Waals surface area contributed by atoms with Crippen molar-refractivity contribution >= 4 is 11.8 Å². The number of nitrogens with one attached hydrogen (secondary N) is 2. The molecule has 2 N–H and O–H groups in total. The number of carbonyl (C=O) groups is 2. The lowest BCUT2D eigenvalue weighted by Crippen LogP contribution is -2.53. The average molecular weight is 357 g/mol. The minimum Gasteiger partial charge on any atom is -0.352 e. The highest BCUT2D eigenvalue weighted by molar-refractivity contribution is 5.97. The number of aryl methyl sites for hydroxylation is 1.